The first-order chi connectivity index (χ1) is 22.5. The number of hydrogen-bond acceptors (Lipinski definition) is 9. The number of aromatic nitrogens is 1. The van der Waals surface area contributed by atoms with E-state index in [0.717, 1.165) is 77.7 Å². The highest BCUT2D eigenvalue weighted by molar-refractivity contribution is 6.31. The Morgan fingerprint density at radius 3 is 2.49 bits per heavy atom. The average molecular weight is 669 g/mol. The molecule has 0 spiro atoms. The standard InChI is InChI=1S/C36H45ClN2O8/c1-22-17-24(29(37)18-23(22)7-5-6-16-39(2)35(45)34(44)33(43)32(42)30(41)20-40)21-46-36(13-14-36)28-19-38-15-12-26(28)27-8-3-4-9-31(27)47-25-10-11-25/h3-4,8-9,12,15,17-19,25,30,32-34,40-44H,5-7,10-11,13-14,16,20-21H2,1-2H3. The molecule has 2 aromatic carbocycles. The van der Waals surface area contributed by atoms with Gasteiger partial charge in [-0.2, -0.15) is 0 Å². The predicted octanol–water partition coefficient (Wildman–Crippen LogP) is 3.67. The van der Waals surface area contributed by atoms with Gasteiger partial charge in [0.1, 0.15) is 24.1 Å². The maximum Gasteiger partial charge on any atom is 0.253 e. The summed E-state index contributed by atoms with van der Waals surface area (Å²) in [6.45, 7) is 1.90. The Kier molecular flexibility index (Phi) is 11.6. The summed E-state index contributed by atoms with van der Waals surface area (Å²) in [5.41, 5.74) is 5.83. The van der Waals surface area contributed by atoms with Crippen LogP contribution in [0.2, 0.25) is 5.02 Å². The summed E-state index contributed by atoms with van der Waals surface area (Å²) in [4.78, 5) is 18.2. The summed E-state index contributed by atoms with van der Waals surface area (Å²) >= 11 is 6.76. The third-order valence-corrected chi connectivity index (χ3v) is 9.45. The molecule has 0 aliphatic heterocycles. The molecule has 47 heavy (non-hydrogen) atoms. The van der Waals surface area contributed by atoms with Crippen molar-refractivity contribution in [1.29, 1.82) is 0 Å². The minimum atomic E-state index is -1.93. The minimum absolute atomic E-state index is 0.293. The first kappa shape index (κ1) is 35.2. The highest BCUT2D eigenvalue weighted by Gasteiger charge is 2.48. The van der Waals surface area contributed by atoms with Gasteiger partial charge in [-0.05, 0) is 92.3 Å². The lowest BCUT2D eigenvalue weighted by atomic mass is 9.96. The van der Waals surface area contributed by atoms with Crippen molar-refractivity contribution in [1.82, 2.24) is 9.88 Å². The summed E-state index contributed by atoms with van der Waals surface area (Å²) < 4.78 is 12.8. The number of amides is 1. The first-order valence-corrected chi connectivity index (χ1v) is 16.6. The maximum atomic E-state index is 12.5. The fourth-order valence-corrected chi connectivity index (χ4v) is 6.04. The Hall–Kier alpha value is -3.09. The molecule has 2 aliphatic carbocycles. The molecule has 11 heteroatoms. The summed E-state index contributed by atoms with van der Waals surface area (Å²) in [6, 6.07) is 14.2. The van der Waals surface area contributed by atoms with E-state index < -0.39 is 42.5 Å². The van der Waals surface area contributed by atoms with Crippen LogP contribution in [0.1, 0.15) is 60.8 Å². The highest BCUT2D eigenvalue weighted by atomic mass is 35.5. The van der Waals surface area contributed by atoms with Gasteiger partial charge in [0.15, 0.2) is 6.10 Å². The average Bonchev–Trinajstić information content (AvgIpc) is 4.03. The molecule has 5 N–H and O–H groups in total. The topological polar surface area (TPSA) is 153 Å². The van der Waals surface area contributed by atoms with Crippen molar-refractivity contribution in [2.45, 2.75) is 94.6 Å². The van der Waals surface area contributed by atoms with E-state index in [-0.39, 0.29) is 0 Å². The molecule has 1 aromatic heterocycles. The fraction of sp³-hybridized carbons (Fsp3) is 0.500. The summed E-state index contributed by atoms with van der Waals surface area (Å²) in [5.74, 6) is 0.102. The van der Waals surface area contributed by atoms with Gasteiger partial charge in [-0.15, -0.1) is 0 Å². The van der Waals surface area contributed by atoms with E-state index in [2.05, 4.69) is 17.1 Å². The smallest absolute Gasteiger partial charge is 0.253 e. The SMILES string of the molecule is Cc1cc(COC2(c3cnccc3-c3ccccc3OC3CC3)CC2)c(Cl)cc1CCCCN(C)C(=O)C(O)C(O)C(O)C(O)CO. The number of nitrogens with zero attached hydrogens (tertiary/aromatic N) is 2. The zero-order chi connectivity index (χ0) is 33.7. The number of benzene rings is 2. The van der Waals surface area contributed by atoms with Crippen LogP contribution in [0.5, 0.6) is 5.75 Å². The number of aryl methyl sites for hydroxylation is 2. The molecule has 2 saturated carbocycles. The van der Waals surface area contributed by atoms with Crippen molar-refractivity contribution < 1.29 is 39.8 Å². The van der Waals surface area contributed by atoms with E-state index in [1.165, 1.54) is 11.9 Å². The van der Waals surface area contributed by atoms with Crippen LogP contribution in [-0.4, -0.2) is 92.0 Å². The fourth-order valence-electron chi connectivity index (χ4n) is 5.80. The van der Waals surface area contributed by atoms with Gasteiger partial charge in [-0.25, -0.2) is 0 Å². The van der Waals surface area contributed by atoms with Crippen molar-refractivity contribution in [3.8, 4) is 16.9 Å². The van der Waals surface area contributed by atoms with E-state index in [1.807, 2.05) is 49.6 Å². The summed E-state index contributed by atoms with van der Waals surface area (Å²) in [5, 5.41) is 49.0. The lowest BCUT2D eigenvalue weighted by molar-refractivity contribution is -0.157. The van der Waals surface area contributed by atoms with Crippen LogP contribution in [0, 0.1) is 6.92 Å². The molecule has 254 valence electrons. The normalized spacial score (nSPS) is 17.9. The number of pyridine rings is 1. The Morgan fingerprint density at radius 1 is 1.04 bits per heavy atom. The Morgan fingerprint density at radius 2 is 1.79 bits per heavy atom. The number of aliphatic hydroxyl groups excluding tert-OH is 5. The minimum Gasteiger partial charge on any atom is -0.490 e. The van der Waals surface area contributed by atoms with Crippen molar-refractivity contribution in [3.05, 3.63) is 82.1 Å². The largest absolute Gasteiger partial charge is 0.490 e. The van der Waals surface area contributed by atoms with Gasteiger partial charge in [-0.3, -0.25) is 9.78 Å². The zero-order valence-corrected chi connectivity index (χ0v) is 27.6. The Bertz CT molecular complexity index is 1530. The number of para-hydroxylation sites is 1. The van der Waals surface area contributed by atoms with E-state index in [0.29, 0.717) is 30.7 Å². The number of likely N-dealkylation sites (N-methyl/N-ethyl adjacent to an activating group) is 1. The molecule has 2 fully saturated rings. The second-order valence-corrected chi connectivity index (χ2v) is 13.2. The molecule has 5 rings (SSSR count). The van der Waals surface area contributed by atoms with Gasteiger partial charge >= 0.3 is 0 Å². The highest BCUT2D eigenvalue weighted by Crippen LogP contribution is 2.53. The van der Waals surface area contributed by atoms with E-state index in [9.17, 15) is 25.2 Å². The number of halogens is 1. The zero-order valence-electron chi connectivity index (χ0n) is 26.9. The number of carbonyl (C=O) groups excluding carboxylic acids is 1. The Labute approximate surface area is 280 Å². The molecule has 1 heterocycles. The van der Waals surface area contributed by atoms with E-state index in [1.54, 1.807) is 0 Å². The molecular formula is C36H45ClN2O8. The number of aliphatic hydroxyl groups is 5. The molecule has 4 atom stereocenters. The number of unbranched alkanes of at least 4 members (excludes halogenated alkanes) is 1. The molecule has 10 nitrogen and oxygen atoms in total. The van der Waals surface area contributed by atoms with Crippen LogP contribution in [0.3, 0.4) is 0 Å². The quantitative estimate of drug-likeness (QED) is 0.136. The molecule has 3 aromatic rings. The number of rotatable bonds is 17. The van der Waals surface area contributed by atoms with Gasteiger partial charge < -0.3 is 39.9 Å². The van der Waals surface area contributed by atoms with Crippen LogP contribution in [0.15, 0.2) is 54.9 Å². The monoisotopic (exact) mass is 668 g/mol. The third-order valence-electron chi connectivity index (χ3n) is 9.09. The van der Waals surface area contributed by atoms with Gasteiger partial charge in [-0.1, -0.05) is 35.9 Å². The third kappa shape index (κ3) is 8.50. The van der Waals surface area contributed by atoms with Crippen LogP contribution in [-0.2, 0) is 28.2 Å². The van der Waals surface area contributed by atoms with Crippen LogP contribution in [0.4, 0.5) is 0 Å². The van der Waals surface area contributed by atoms with Crippen molar-refractivity contribution in [2.75, 3.05) is 20.2 Å². The first-order valence-electron chi connectivity index (χ1n) is 16.2. The van der Waals surface area contributed by atoms with E-state index in [4.69, 9.17) is 26.2 Å². The van der Waals surface area contributed by atoms with Gasteiger partial charge in [0.05, 0.1) is 24.9 Å². The Balaban J connectivity index is 1.16. The second kappa shape index (κ2) is 15.4. The van der Waals surface area contributed by atoms with Crippen molar-refractivity contribution in [3.63, 3.8) is 0 Å². The summed E-state index contributed by atoms with van der Waals surface area (Å²) in [6.07, 6.45) is 2.69. The number of carbonyl (C=O) groups is 1. The molecular weight excluding hydrogens is 624 g/mol. The number of hydrogen-bond donors (Lipinski definition) is 5. The molecule has 0 bridgehead atoms. The van der Waals surface area contributed by atoms with Gasteiger partial charge in [0, 0.05) is 42.1 Å². The molecule has 0 radical (unpaired) electrons. The predicted molar refractivity (Wildman–Crippen MR) is 177 cm³/mol. The number of ether oxygens (including phenoxy) is 2. The molecule has 2 aliphatic rings. The van der Waals surface area contributed by atoms with E-state index >= 15 is 0 Å². The van der Waals surface area contributed by atoms with Crippen LogP contribution in [0.25, 0.3) is 11.1 Å². The lowest BCUT2D eigenvalue weighted by Crippen LogP contribution is -2.52. The van der Waals surface area contributed by atoms with Crippen molar-refractivity contribution >= 4 is 17.5 Å². The van der Waals surface area contributed by atoms with Gasteiger partial charge in [0.2, 0.25) is 0 Å². The molecule has 0 saturated heterocycles. The maximum absolute atomic E-state index is 12.5. The van der Waals surface area contributed by atoms with Crippen LogP contribution >= 0.6 is 11.6 Å². The molecule has 4 unspecified atom stereocenters. The summed E-state index contributed by atoms with van der Waals surface area (Å²) in [7, 11) is 1.49. The van der Waals surface area contributed by atoms with Crippen LogP contribution < -0.4 is 4.74 Å². The molecule has 1 amide bonds. The lowest BCUT2D eigenvalue weighted by Gasteiger charge is -2.28. The second-order valence-electron chi connectivity index (χ2n) is 12.8. The van der Waals surface area contributed by atoms with Gasteiger partial charge in [0.25, 0.3) is 5.91 Å². The van der Waals surface area contributed by atoms with Crippen molar-refractivity contribution in [2.24, 2.45) is 0 Å².